The number of aromatic nitrogens is 2. The van der Waals surface area contributed by atoms with Crippen LogP contribution in [0, 0.1) is 6.92 Å². The molecule has 5 heteroatoms. The molecule has 0 unspecified atom stereocenters. The van der Waals surface area contributed by atoms with Crippen LogP contribution in [-0.4, -0.2) is 9.97 Å². The van der Waals surface area contributed by atoms with E-state index in [9.17, 15) is 0 Å². The second-order valence-corrected chi connectivity index (χ2v) is 5.03. The maximum absolute atomic E-state index is 5.70. The molecule has 3 nitrogen and oxygen atoms in total. The highest BCUT2D eigenvalue weighted by Gasteiger charge is 2.06. The number of benzene rings is 1. The molecule has 0 N–H and O–H groups in total. The van der Waals surface area contributed by atoms with E-state index in [1.807, 2.05) is 43.5 Å². The lowest BCUT2D eigenvalue weighted by molar-refractivity contribution is 0.489. The van der Waals surface area contributed by atoms with E-state index in [1.54, 1.807) is 18.0 Å². The van der Waals surface area contributed by atoms with Gasteiger partial charge in [-0.25, -0.2) is 4.98 Å². The zero-order valence-corrected chi connectivity index (χ0v) is 12.0. The highest BCUT2D eigenvalue weighted by Crippen LogP contribution is 2.26. The van der Waals surface area contributed by atoms with Crippen LogP contribution in [0.2, 0.25) is 0 Å². The average molecular weight is 293 g/mol. The number of nitrogens with zero attached hydrogens (tertiary/aromatic N) is 2. The van der Waals surface area contributed by atoms with E-state index in [-0.39, 0.29) is 12.4 Å². The standard InChI is InChI=1S/C14H12N2OS.ClH/c1-10-4-5-12-13(7-10)17-14(16-12)18-9-11-3-2-6-15-8-11;/h2-8H,9H2,1H3;1H. The predicted molar refractivity (Wildman–Crippen MR) is 79.8 cm³/mol. The van der Waals surface area contributed by atoms with Crippen LogP contribution in [0.4, 0.5) is 0 Å². The third-order valence-electron chi connectivity index (χ3n) is 2.61. The van der Waals surface area contributed by atoms with E-state index >= 15 is 0 Å². The number of hydrogen-bond donors (Lipinski definition) is 0. The largest absolute Gasteiger partial charge is 0.431 e. The molecule has 0 aliphatic carbocycles. The van der Waals surface area contributed by atoms with Crippen molar-refractivity contribution < 1.29 is 4.42 Å². The molecule has 98 valence electrons. The molecule has 0 saturated carbocycles. The molecule has 0 aliphatic rings. The molecule has 0 radical (unpaired) electrons. The van der Waals surface area contributed by atoms with Crippen LogP contribution in [0.5, 0.6) is 0 Å². The highest BCUT2D eigenvalue weighted by molar-refractivity contribution is 7.98. The van der Waals surface area contributed by atoms with Crippen molar-refractivity contribution in [2.24, 2.45) is 0 Å². The number of aryl methyl sites for hydroxylation is 1. The summed E-state index contributed by atoms with van der Waals surface area (Å²) in [6, 6.07) is 10.0. The molecule has 0 fully saturated rings. The minimum absolute atomic E-state index is 0. The van der Waals surface area contributed by atoms with E-state index in [4.69, 9.17) is 4.42 Å². The van der Waals surface area contributed by atoms with Crippen LogP contribution < -0.4 is 0 Å². The maximum atomic E-state index is 5.70. The monoisotopic (exact) mass is 292 g/mol. The quantitative estimate of drug-likeness (QED) is 0.677. The number of halogens is 1. The van der Waals surface area contributed by atoms with Gasteiger partial charge in [0.15, 0.2) is 5.58 Å². The second-order valence-electron chi connectivity index (χ2n) is 4.10. The molecule has 19 heavy (non-hydrogen) atoms. The molecule has 0 amide bonds. The lowest BCUT2D eigenvalue weighted by Gasteiger charge is -1.95. The fraction of sp³-hybridized carbons (Fsp3) is 0.143. The van der Waals surface area contributed by atoms with Crippen LogP contribution in [0.3, 0.4) is 0 Å². The summed E-state index contributed by atoms with van der Waals surface area (Å²) in [7, 11) is 0. The fourth-order valence-electron chi connectivity index (χ4n) is 1.70. The zero-order chi connectivity index (χ0) is 12.4. The first kappa shape index (κ1) is 13.9. The van der Waals surface area contributed by atoms with Gasteiger partial charge in [0.2, 0.25) is 0 Å². The summed E-state index contributed by atoms with van der Waals surface area (Å²) in [4.78, 5) is 8.53. The molecular formula is C14H13ClN2OS. The molecular weight excluding hydrogens is 280 g/mol. The summed E-state index contributed by atoms with van der Waals surface area (Å²) >= 11 is 1.59. The number of pyridine rings is 1. The van der Waals surface area contributed by atoms with Crippen molar-refractivity contribution in [3.05, 3.63) is 53.9 Å². The molecule has 2 heterocycles. The number of thioether (sulfide) groups is 1. The Morgan fingerprint density at radius 3 is 2.95 bits per heavy atom. The number of oxazole rings is 1. The van der Waals surface area contributed by atoms with Gasteiger partial charge in [-0.15, -0.1) is 12.4 Å². The van der Waals surface area contributed by atoms with Gasteiger partial charge in [-0.05, 0) is 36.2 Å². The normalized spacial score (nSPS) is 10.4. The molecule has 1 aromatic carbocycles. The fourth-order valence-corrected chi connectivity index (χ4v) is 2.47. The topological polar surface area (TPSA) is 38.9 Å². The zero-order valence-electron chi connectivity index (χ0n) is 10.4. The molecule has 0 spiro atoms. The van der Waals surface area contributed by atoms with Crippen molar-refractivity contribution in [2.75, 3.05) is 0 Å². The number of fused-ring (bicyclic) bond motifs is 1. The lowest BCUT2D eigenvalue weighted by atomic mass is 10.2. The van der Waals surface area contributed by atoms with Crippen LogP contribution >= 0.6 is 24.2 Å². The van der Waals surface area contributed by atoms with Gasteiger partial charge in [-0.1, -0.05) is 23.9 Å². The van der Waals surface area contributed by atoms with Gasteiger partial charge in [0.1, 0.15) is 5.52 Å². The third-order valence-corrected chi connectivity index (χ3v) is 3.51. The van der Waals surface area contributed by atoms with Crippen molar-refractivity contribution >= 4 is 35.3 Å². The Kier molecular flexibility index (Phi) is 4.45. The first-order chi connectivity index (χ1) is 8.81. The summed E-state index contributed by atoms with van der Waals surface area (Å²) in [5.41, 5.74) is 4.11. The van der Waals surface area contributed by atoms with Gasteiger partial charge in [0, 0.05) is 18.1 Å². The van der Waals surface area contributed by atoms with E-state index < -0.39 is 0 Å². The Labute approximate surface area is 121 Å². The SMILES string of the molecule is Cc1ccc2nc(SCc3cccnc3)oc2c1.Cl. The Balaban J connectivity index is 0.00000133. The van der Waals surface area contributed by atoms with Crippen LogP contribution in [0.1, 0.15) is 11.1 Å². The van der Waals surface area contributed by atoms with Crippen molar-refractivity contribution in [3.63, 3.8) is 0 Å². The van der Waals surface area contributed by atoms with Crippen molar-refractivity contribution in [1.29, 1.82) is 0 Å². The summed E-state index contributed by atoms with van der Waals surface area (Å²) in [6.07, 6.45) is 3.64. The smallest absolute Gasteiger partial charge is 0.257 e. The Bertz CT molecular complexity index is 670. The third kappa shape index (κ3) is 3.28. The van der Waals surface area contributed by atoms with Crippen molar-refractivity contribution in [1.82, 2.24) is 9.97 Å². The summed E-state index contributed by atoms with van der Waals surface area (Å²) in [5.74, 6) is 0.819. The van der Waals surface area contributed by atoms with Gasteiger partial charge in [0.25, 0.3) is 5.22 Å². The van der Waals surface area contributed by atoms with E-state index in [0.29, 0.717) is 5.22 Å². The molecule has 0 saturated heterocycles. The van der Waals surface area contributed by atoms with Crippen molar-refractivity contribution in [2.45, 2.75) is 17.9 Å². The van der Waals surface area contributed by atoms with Gasteiger partial charge < -0.3 is 4.42 Å². The average Bonchev–Trinajstić information content (AvgIpc) is 2.79. The summed E-state index contributed by atoms with van der Waals surface area (Å²) in [5, 5.41) is 0.708. The highest BCUT2D eigenvalue weighted by atomic mass is 35.5. The first-order valence-corrected chi connectivity index (χ1v) is 6.69. The van der Waals surface area contributed by atoms with Crippen LogP contribution in [0.15, 0.2) is 52.4 Å². The van der Waals surface area contributed by atoms with Crippen LogP contribution in [-0.2, 0) is 5.75 Å². The molecule has 2 aromatic heterocycles. The second kappa shape index (κ2) is 6.08. The predicted octanol–water partition coefficient (Wildman–Crippen LogP) is 4.25. The van der Waals surface area contributed by atoms with Gasteiger partial charge in [-0.3, -0.25) is 4.98 Å². The van der Waals surface area contributed by atoms with Crippen LogP contribution in [0.25, 0.3) is 11.1 Å². The van der Waals surface area contributed by atoms with E-state index in [1.165, 1.54) is 11.1 Å². The Hall–Kier alpha value is -1.52. The van der Waals surface area contributed by atoms with Gasteiger partial charge in [-0.2, -0.15) is 0 Å². The van der Waals surface area contributed by atoms with E-state index in [2.05, 4.69) is 9.97 Å². The minimum Gasteiger partial charge on any atom is -0.431 e. The minimum atomic E-state index is 0. The maximum Gasteiger partial charge on any atom is 0.257 e. The molecule has 0 aliphatic heterocycles. The Morgan fingerprint density at radius 1 is 1.26 bits per heavy atom. The van der Waals surface area contributed by atoms with E-state index in [0.717, 1.165) is 16.9 Å². The van der Waals surface area contributed by atoms with Crippen molar-refractivity contribution in [3.8, 4) is 0 Å². The molecule has 0 bridgehead atoms. The first-order valence-electron chi connectivity index (χ1n) is 5.70. The molecule has 3 aromatic rings. The molecule has 3 rings (SSSR count). The lowest BCUT2D eigenvalue weighted by Crippen LogP contribution is -1.81. The molecule has 0 atom stereocenters. The summed E-state index contributed by atoms with van der Waals surface area (Å²) in [6.45, 7) is 2.05. The summed E-state index contributed by atoms with van der Waals surface area (Å²) < 4.78 is 5.70. The van der Waals surface area contributed by atoms with Gasteiger partial charge >= 0.3 is 0 Å². The number of rotatable bonds is 3. The number of hydrogen-bond acceptors (Lipinski definition) is 4. The van der Waals surface area contributed by atoms with Gasteiger partial charge in [0.05, 0.1) is 0 Å². The Morgan fingerprint density at radius 2 is 2.16 bits per heavy atom.